The summed E-state index contributed by atoms with van der Waals surface area (Å²) in [5.41, 5.74) is 3.03. The molecule has 2 aliphatic rings. The average molecular weight is 192 g/mol. The van der Waals surface area contributed by atoms with Crippen molar-refractivity contribution >= 4 is 6.29 Å². The van der Waals surface area contributed by atoms with Crippen molar-refractivity contribution in [1.82, 2.24) is 0 Å². The third-order valence-corrected chi connectivity index (χ3v) is 4.09. The zero-order valence-electron chi connectivity index (χ0n) is 9.14. The maximum absolute atomic E-state index is 11.0. The van der Waals surface area contributed by atoms with Crippen LogP contribution in [0.1, 0.15) is 58.3 Å². The van der Waals surface area contributed by atoms with Crippen LogP contribution in [0.5, 0.6) is 0 Å². The predicted octanol–water partition coefficient (Wildman–Crippen LogP) is 3.64. The van der Waals surface area contributed by atoms with Crippen LogP contribution in [0.3, 0.4) is 0 Å². The maximum atomic E-state index is 11.0. The fourth-order valence-corrected chi connectivity index (χ4v) is 3.22. The Kier molecular flexibility index (Phi) is 2.76. The number of hydrogen-bond acceptors (Lipinski definition) is 1. The molecule has 2 rings (SSSR count). The second-order valence-electron chi connectivity index (χ2n) is 5.10. The Labute approximate surface area is 86.6 Å². The van der Waals surface area contributed by atoms with Crippen LogP contribution in [0.4, 0.5) is 0 Å². The maximum Gasteiger partial charge on any atom is 0.145 e. The van der Waals surface area contributed by atoms with Gasteiger partial charge in [-0.05, 0) is 49.5 Å². The van der Waals surface area contributed by atoms with E-state index >= 15 is 0 Å². The number of allylic oxidation sites excluding steroid dienone is 2. The molecule has 1 fully saturated rings. The molecule has 1 atom stereocenters. The zero-order chi connectivity index (χ0) is 10.0. The first-order valence-corrected chi connectivity index (χ1v) is 5.94. The van der Waals surface area contributed by atoms with Gasteiger partial charge in [0.25, 0.3) is 0 Å². The van der Waals surface area contributed by atoms with Gasteiger partial charge in [-0.3, -0.25) is 4.79 Å². The van der Waals surface area contributed by atoms with Crippen molar-refractivity contribution in [3.8, 4) is 0 Å². The molecule has 1 saturated carbocycles. The molecule has 0 unspecified atom stereocenters. The summed E-state index contributed by atoms with van der Waals surface area (Å²) in [6, 6.07) is 0. The van der Waals surface area contributed by atoms with Crippen molar-refractivity contribution in [3.05, 3.63) is 11.1 Å². The molecule has 0 aliphatic heterocycles. The Balaban J connectivity index is 2.36. The number of carbonyl (C=O) groups excluding carboxylic acids is 1. The second-order valence-corrected chi connectivity index (χ2v) is 5.10. The van der Waals surface area contributed by atoms with Gasteiger partial charge in [-0.15, -0.1) is 0 Å². The Morgan fingerprint density at radius 1 is 1.07 bits per heavy atom. The van der Waals surface area contributed by atoms with Crippen molar-refractivity contribution < 1.29 is 4.79 Å². The molecule has 1 nitrogen and oxygen atoms in total. The van der Waals surface area contributed by atoms with E-state index in [1.807, 2.05) is 0 Å². The molecule has 0 radical (unpaired) electrons. The van der Waals surface area contributed by atoms with E-state index in [-0.39, 0.29) is 0 Å². The summed E-state index contributed by atoms with van der Waals surface area (Å²) in [4.78, 5) is 11.0. The number of carbonyl (C=O) groups is 1. The molecule has 0 spiro atoms. The van der Waals surface area contributed by atoms with Gasteiger partial charge in [0.15, 0.2) is 0 Å². The first kappa shape index (κ1) is 9.95. The highest BCUT2D eigenvalue weighted by Gasteiger charge is 2.34. The van der Waals surface area contributed by atoms with Crippen LogP contribution in [0.25, 0.3) is 0 Å². The lowest BCUT2D eigenvalue weighted by Crippen LogP contribution is -2.24. The summed E-state index contributed by atoms with van der Waals surface area (Å²) in [7, 11) is 0. The highest BCUT2D eigenvalue weighted by Crippen LogP contribution is 2.47. The number of fused-ring (bicyclic) bond motifs is 1. The molecule has 78 valence electrons. The molecule has 0 amide bonds. The third-order valence-electron chi connectivity index (χ3n) is 4.09. The Morgan fingerprint density at radius 2 is 1.86 bits per heavy atom. The van der Waals surface area contributed by atoms with Gasteiger partial charge in [0.2, 0.25) is 0 Å². The van der Waals surface area contributed by atoms with E-state index in [4.69, 9.17) is 0 Å². The summed E-state index contributed by atoms with van der Waals surface area (Å²) in [5.74, 6) is 0. The van der Waals surface area contributed by atoms with Crippen LogP contribution < -0.4 is 0 Å². The monoisotopic (exact) mass is 192 g/mol. The number of rotatable bonds is 1. The standard InChI is InChI=1S/C13H20O/c1-13-8-4-2-3-7-12(13)11(10-14)6-5-9-13/h10H,2-9H2,1H3/t13-/m1/s1. The minimum atomic E-state index is 0.380. The van der Waals surface area contributed by atoms with Crippen molar-refractivity contribution in [2.45, 2.75) is 58.3 Å². The summed E-state index contributed by atoms with van der Waals surface area (Å²) in [6.45, 7) is 2.37. The lowest BCUT2D eigenvalue weighted by molar-refractivity contribution is -0.105. The minimum absolute atomic E-state index is 0.380. The molecular formula is C13H20O. The first-order valence-electron chi connectivity index (χ1n) is 5.94. The quantitative estimate of drug-likeness (QED) is 0.580. The van der Waals surface area contributed by atoms with Crippen LogP contribution >= 0.6 is 0 Å². The molecule has 0 heterocycles. The van der Waals surface area contributed by atoms with E-state index in [1.165, 1.54) is 50.5 Å². The molecule has 0 aromatic heterocycles. The van der Waals surface area contributed by atoms with Crippen LogP contribution in [-0.4, -0.2) is 6.29 Å². The fraction of sp³-hybridized carbons (Fsp3) is 0.769. The highest BCUT2D eigenvalue weighted by molar-refractivity contribution is 5.75. The van der Waals surface area contributed by atoms with E-state index in [0.29, 0.717) is 5.41 Å². The highest BCUT2D eigenvalue weighted by atomic mass is 16.1. The molecule has 0 bridgehead atoms. The molecule has 0 aromatic carbocycles. The van der Waals surface area contributed by atoms with Gasteiger partial charge in [0.05, 0.1) is 0 Å². The van der Waals surface area contributed by atoms with E-state index in [2.05, 4.69) is 6.92 Å². The van der Waals surface area contributed by atoms with Crippen LogP contribution in [0.15, 0.2) is 11.1 Å². The molecule has 14 heavy (non-hydrogen) atoms. The SMILES string of the molecule is C[C@]12CCCCCC1=C(C=O)CCC2. The lowest BCUT2D eigenvalue weighted by atomic mass is 9.69. The third kappa shape index (κ3) is 1.65. The second kappa shape index (κ2) is 3.88. The molecule has 0 aromatic rings. The van der Waals surface area contributed by atoms with Crippen molar-refractivity contribution in [3.63, 3.8) is 0 Å². The van der Waals surface area contributed by atoms with Crippen molar-refractivity contribution in [2.24, 2.45) is 5.41 Å². The van der Waals surface area contributed by atoms with Gasteiger partial charge in [0, 0.05) is 0 Å². The van der Waals surface area contributed by atoms with E-state index in [9.17, 15) is 4.79 Å². The summed E-state index contributed by atoms with van der Waals surface area (Å²) in [5, 5.41) is 0. The Morgan fingerprint density at radius 3 is 2.64 bits per heavy atom. The van der Waals surface area contributed by atoms with E-state index in [0.717, 1.165) is 18.3 Å². The smallest absolute Gasteiger partial charge is 0.145 e. The van der Waals surface area contributed by atoms with Gasteiger partial charge in [-0.25, -0.2) is 0 Å². The van der Waals surface area contributed by atoms with Gasteiger partial charge in [-0.2, -0.15) is 0 Å². The van der Waals surface area contributed by atoms with Crippen molar-refractivity contribution in [1.29, 1.82) is 0 Å². The largest absolute Gasteiger partial charge is 0.298 e. The minimum Gasteiger partial charge on any atom is -0.298 e. The predicted molar refractivity (Wildman–Crippen MR) is 58.1 cm³/mol. The van der Waals surface area contributed by atoms with Crippen LogP contribution in [0, 0.1) is 5.41 Å². The summed E-state index contributed by atoms with van der Waals surface area (Å²) >= 11 is 0. The average Bonchev–Trinajstić information content (AvgIpc) is 2.38. The van der Waals surface area contributed by atoms with Crippen LogP contribution in [0.2, 0.25) is 0 Å². The van der Waals surface area contributed by atoms with Gasteiger partial charge in [0.1, 0.15) is 6.29 Å². The fourth-order valence-electron chi connectivity index (χ4n) is 3.22. The number of hydrogen-bond donors (Lipinski definition) is 0. The molecule has 1 heteroatoms. The topological polar surface area (TPSA) is 17.1 Å². The summed E-state index contributed by atoms with van der Waals surface area (Å²) < 4.78 is 0. The Bertz CT molecular complexity index is 264. The zero-order valence-corrected chi connectivity index (χ0v) is 9.14. The lowest BCUT2D eigenvalue weighted by Gasteiger charge is -2.36. The Hall–Kier alpha value is -0.590. The van der Waals surface area contributed by atoms with Gasteiger partial charge >= 0.3 is 0 Å². The van der Waals surface area contributed by atoms with Crippen molar-refractivity contribution in [2.75, 3.05) is 0 Å². The molecular weight excluding hydrogens is 172 g/mol. The van der Waals surface area contributed by atoms with Gasteiger partial charge in [-0.1, -0.05) is 25.3 Å². The summed E-state index contributed by atoms with van der Waals surface area (Å²) in [6.07, 6.45) is 11.2. The normalized spacial score (nSPS) is 33.5. The molecule has 0 N–H and O–H groups in total. The molecule has 0 saturated heterocycles. The number of aldehydes is 1. The molecule has 2 aliphatic carbocycles. The first-order chi connectivity index (χ1) is 6.76. The van der Waals surface area contributed by atoms with Crippen LogP contribution in [-0.2, 0) is 4.79 Å². The van der Waals surface area contributed by atoms with Gasteiger partial charge < -0.3 is 0 Å². The van der Waals surface area contributed by atoms with E-state index in [1.54, 1.807) is 0 Å². The van der Waals surface area contributed by atoms with E-state index < -0.39 is 0 Å².